The van der Waals surface area contributed by atoms with Crippen LogP contribution in [-0.4, -0.2) is 71.6 Å². The fraction of sp³-hybridized carbons (Fsp3) is 0.571. The van der Waals surface area contributed by atoms with E-state index >= 15 is 0 Å². The van der Waals surface area contributed by atoms with Crippen molar-refractivity contribution in [1.82, 2.24) is 20.0 Å². The molecule has 0 aliphatic carbocycles. The van der Waals surface area contributed by atoms with Crippen molar-refractivity contribution in [3.8, 4) is 0 Å². The largest absolute Gasteiger partial charge is 0.356 e. The normalized spacial score (nSPS) is 15.0. The van der Waals surface area contributed by atoms with Gasteiger partial charge in [0.2, 0.25) is 6.41 Å². The van der Waals surface area contributed by atoms with Gasteiger partial charge in [-0.25, -0.2) is 0 Å². The topological polar surface area (TPSA) is 69.6 Å². The first kappa shape index (κ1) is 15.2. The van der Waals surface area contributed by atoms with Gasteiger partial charge in [-0.15, -0.1) is 10.2 Å². The molecule has 1 fully saturated rings. The lowest BCUT2D eigenvalue weighted by Crippen LogP contribution is -2.48. The summed E-state index contributed by atoms with van der Waals surface area (Å²) in [4.78, 5) is 28.4. The summed E-state index contributed by atoms with van der Waals surface area (Å²) in [5.74, 6) is 0.654. The minimum absolute atomic E-state index is 0.126. The van der Waals surface area contributed by atoms with Gasteiger partial charge in [-0.05, 0) is 26.0 Å². The van der Waals surface area contributed by atoms with E-state index in [1.165, 1.54) is 0 Å². The molecular weight excluding hydrogens is 270 g/mol. The zero-order valence-corrected chi connectivity index (χ0v) is 12.5. The van der Waals surface area contributed by atoms with Crippen LogP contribution in [0, 0.1) is 0 Å². The molecule has 7 heteroatoms. The molecule has 1 aliphatic heterocycles. The number of hydrogen-bond acceptors (Lipinski definition) is 5. The quantitative estimate of drug-likeness (QED) is 0.727. The Balaban J connectivity index is 2.01. The fourth-order valence-electron chi connectivity index (χ4n) is 2.35. The number of aromatic nitrogens is 2. The minimum atomic E-state index is -0.126. The highest BCUT2D eigenvalue weighted by molar-refractivity contribution is 5.92. The molecular formula is C14H21N5O2. The summed E-state index contributed by atoms with van der Waals surface area (Å²) < 4.78 is 0. The lowest BCUT2D eigenvalue weighted by Gasteiger charge is -2.32. The number of piperazine rings is 1. The third-order valence-corrected chi connectivity index (χ3v) is 3.71. The highest BCUT2D eigenvalue weighted by Gasteiger charge is 2.22. The predicted octanol–water partition coefficient (Wildman–Crippen LogP) is 0.237. The molecule has 2 heterocycles. The molecule has 0 aromatic carbocycles. The molecule has 0 spiro atoms. The Labute approximate surface area is 124 Å². The van der Waals surface area contributed by atoms with Crippen molar-refractivity contribution in [3.05, 3.63) is 17.8 Å². The maximum Gasteiger partial charge on any atom is 0.274 e. The fourth-order valence-corrected chi connectivity index (χ4v) is 2.35. The summed E-state index contributed by atoms with van der Waals surface area (Å²) >= 11 is 0. The molecule has 0 N–H and O–H groups in total. The van der Waals surface area contributed by atoms with Crippen LogP contribution < -0.4 is 4.90 Å². The zero-order valence-electron chi connectivity index (χ0n) is 12.5. The number of carbonyl (C=O) groups excluding carboxylic acids is 2. The molecule has 1 aliphatic rings. The zero-order chi connectivity index (χ0) is 15.2. The first-order chi connectivity index (χ1) is 10.2. The monoisotopic (exact) mass is 291 g/mol. The van der Waals surface area contributed by atoms with E-state index in [0.717, 1.165) is 25.3 Å². The summed E-state index contributed by atoms with van der Waals surface area (Å²) in [7, 11) is 0. The second-order valence-corrected chi connectivity index (χ2v) is 4.88. The summed E-state index contributed by atoms with van der Waals surface area (Å²) in [6.45, 7) is 8.03. The molecule has 0 radical (unpaired) electrons. The number of amides is 2. The first-order valence-electron chi connectivity index (χ1n) is 7.26. The van der Waals surface area contributed by atoms with Gasteiger partial charge in [0.25, 0.3) is 5.91 Å². The Kier molecular flexibility index (Phi) is 5.08. The summed E-state index contributed by atoms with van der Waals surface area (Å²) in [5, 5.41) is 8.17. The third-order valence-electron chi connectivity index (χ3n) is 3.71. The van der Waals surface area contributed by atoms with Crippen molar-refractivity contribution in [1.29, 1.82) is 0 Å². The van der Waals surface area contributed by atoms with Crippen molar-refractivity contribution >= 4 is 18.1 Å². The van der Waals surface area contributed by atoms with Gasteiger partial charge in [0.15, 0.2) is 11.5 Å². The molecule has 0 atom stereocenters. The van der Waals surface area contributed by atoms with E-state index in [-0.39, 0.29) is 5.91 Å². The number of nitrogens with zero attached hydrogens (tertiary/aromatic N) is 5. The van der Waals surface area contributed by atoms with E-state index in [2.05, 4.69) is 28.9 Å². The van der Waals surface area contributed by atoms with Crippen LogP contribution in [0.15, 0.2) is 12.1 Å². The first-order valence-corrected chi connectivity index (χ1v) is 7.26. The molecule has 0 unspecified atom stereocenters. The van der Waals surface area contributed by atoms with Crippen LogP contribution in [0.3, 0.4) is 0 Å². The third kappa shape index (κ3) is 3.48. The van der Waals surface area contributed by atoms with Crippen LogP contribution in [0.25, 0.3) is 0 Å². The van der Waals surface area contributed by atoms with Gasteiger partial charge in [-0.1, -0.05) is 0 Å². The number of hydrogen-bond donors (Lipinski definition) is 0. The predicted molar refractivity (Wildman–Crippen MR) is 79.1 cm³/mol. The van der Waals surface area contributed by atoms with E-state index < -0.39 is 0 Å². The van der Waals surface area contributed by atoms with Crippen molar-refractivity contribution in [2.75, 3.05) is 44.2 Å². The molecule has 114 valence electrons. The molecule has 0 bridgehead atoms. The van der Waals surface area contributed by atoms with Crippen molar-refractivity contribution in [2.45, 2.75) is 13.8 Å². The summed E-state index contributed by atoms with van der Waals surface area (Å²) in [6.07, 6.45) is 0.820. The van der Waals surface area contributed by atoms with Crippen LogP contribution in [-0.2, 0) is 4.79 Å². The average molecular weight is 291 g/mol. The van der Waals surface area contributed by atoms with Gasteiger partial charge in [0.05, 0.1) is 0 Å². The standard InChI is InChI=1S/C14H21N5O2/c1-3-18(4-2)13-6-5-12(15-16-13)14(21)19-9-7-17(11-20)8-10-19/h5-6,11H,3-4,7-10H2,1-2H3. The highest BCUT2D eigenvalue weighted by atomic mass is 16.2. The van der Waals surface area contributed by atoms with Crippen molar-refractivity contribution < 1.29 is 9.59 Å². The Morgan fingerprint density at radius 1 is 1.19 bits per heavy atom. The molecule has 2 amide bonds. The molecule has 21 heavy (non-hydrogen) atoms. The van der Waals surface area contributed by atoms with Gasteiger partial charge in [-0.2, -0.15) is 0 Å². The van der Waals surface area contributed by atoms with Crippen molar-refractivity contribution in [2.24, 2.45) is 0 Å². The van der Waals surface area contributed by atoms with E-state index in [4.69, 9.17) is 0 Å². The second kappa shape index (κ2) is 7.01. The van der Waals surface area contributed by atoms with Gasteiger partial charge < -0.3 is 14.7 Å². The lowest BCUT2D eigenvalue weighted by molar-refractivity contribution is -0.119. The van der Waals surface area contributed by atoms with E-state index in [0.29, 0.717) is 31.9 Å². The smallest absolute Gasteiger partial charge is 0.274 e. The van der Waals surface area contributed by atoms with Gasteiger partial charge >= 0.3 is 0 Å². The number of anilines is 1. The Morgan fingerprint density at radius 3 is 2.33 bits per heavy atom. The van der Waals surface area contributed by atoms with E-state index in [1.54, 1.807) is 15.9 Å². The lowest BCUT2D eigenvalue weighted by atomic mass is 10.2. The minimum Gasteiger partial charge on any atom is -0.356 e. The van der Waals surface area contributed by atoms with Gasteiger partial charge in [0, 0.05) is 39.3 Å². The van der Waals surface area contributed by atoms with E-state index in [9.17, 15) is 9.59 Å². The Bertz CT molecular complexity index is 479. The van der Waals surface area contributed by atoms with Crippen LogP contribution in [0.2, 0.25) is 0 Å². The van der Waals surface area contributed by atoms with Crippen LogP contribution >= 0.6 is 0 Å². The average Bonchev–Trinajstić information content (AvgIpc) is 2.56. The molecule has 2 rings (SSSR count). The molecule has 7 nitrogen and oxygen atoms in total. The van der Waals surface area contributed by atoms with Gasteiger partial charge in [-0.3, -0.25) is 9.59 Å². The van der Waals surface area contributed by atoms with Crippen molar-refractivity contribution in [3.63, 3.8) is 0 Å². The second-order valence-electron chi connectivity index (χ2n) is 4.88. The van der Waals surface area contributed by atoms with Crippen LogP contribution in [0.5, 0.6) is 0 Å². The van der Waals surface area contributed by atoms with Gasteiger partial charge in [0.1, 0.15) is 0 Å². The summed E-state index contributed by atoms with van der Waals surface area (Å²) in [5.41, 5.74) is 0.352. The molecule has 1 aromatic heterocycles. The maximum atomic E-state index is 12.3. The molecule has 1 saturated heterocycles. The number of carbonyl (C=O) groups is 2. The molecule has 1 aromatic rings. The highest BCUT2D eigenvalue weighted by Crippen LogP contribution is 2.11. The molecule has 0 saturated carbocycles. The number of rotatable bonds is 5. The SMILES string of the molecule is CCN(CC)c1ccc(C(=O)N2CCN(C=O)CC2)nn1. The maximum absolute atomic E-state index is 12.3. The van der Waals surface area contributed by atoms with Crippen LogP contribution in [0.1, 0.15) is 24.3 Å². The van der Waals surface area contributed by atoms with E-state index in [1.807, 2.05) is 6.07 Å². The van der Waals surface area contributed by atoms with Crippen LogP contribution in [0.4, 0.5) is 5.82 Å². The summed E-state index contributed by atoms with van der Waals surface area (Å²) in [6, 6.07) is 3.55. The Hall–Kier alpha value is -2.18. The Morgan fingerprint density at radius 2 is 1.86 bits per heavy atom.